The van der Waals surface area contributed by atoms with Gasteiger partial charge in [-0.05, 0) is 51.4 Å². The maximum Gasteiger partial charge on any atom is 0.281 e. The second kappa shape index (κ2) is 5.00. The topological polar surface area (TPSA) is 138 Å². The summed E-state index contributed by atoms with van der Waals surface area (Å²) in [7, 11) is 0. The number of tetrazole rings is 1. The summed E-state index contributed by atoms with van der Waals surface area (Å²) in [4.78, 5) is 11.9. The quantitative estimate of drug-likeness (QED) is 0.695. The normalized spacial score (nSPS) is 10.5. The zero-order valence-corrected chi connectivity index (χ0v) is 10.9. The summed E-state index contributed by atoms with van der Waals surface area (Å²) >= 11 is 0. The van der Waals surface area contributed by atoms with E-state index in [1.807, 2.05) is 6.92 Å². The third-order valence-electron chi connectivity index (χ3n) is 2.78. The Labute approximate surface area is 117 Å². The van der Waals surface area contributed by atoms with Crippen molar-refractivity contribution in [2.24, 2.45) is 0 Å². The number of carbonyl (C=O) groups is 1. The van der Waals surface area contributed by atoms with Crippen LogP contribution in [0.3, 0.4) is 0 Å². The highest BCUT2D eigenvalue weighted by atomic mass is 16.6. The number of hydrogen-bond acceptors (Lipinski definition) is 8. The fourth-order valence-corrected chi connectivity index (χ4v) is 1.81. The first kappa shape index (κ1) is 12.7. The van der Waals surface area contributed by atoms with Crippen LogP contribution in [0.2, 0.25) is 0 Å². The van der Waals surface area contributed by atoms with Crippen molar-refractivity contribution in [2.75, 3.05) is 11.1 Å². The molecule has 0 spiro atoms. The van der Waals surface area contributed by atoms with Crippen LogP contribution in [-0.2, 0) is 0 Å². The fourth-order valence-electron chi connectivity index (χ4n) is 1.81. The number of anilines is 2. The Balaban J connectivity index is 1.83. The molecule has 21 heavy (non-hydrogen) atoms. The first-order valence-corrected chi connectivity index (χ1v) is 5.88. The highest BCUT2D eigenvalue weighted by molar-refractivity contribution is 6.05. The number of nitrogens with two attached hydrogens (primary N) is 1. The van der Waals surface area contributed by atoms with Crippen molar-refractivity contribution in [3.63, 3.8) is 0 Å². The number of nitrogen functional groups attached to an aromatic ring is 1. The summed E-state index contributed by atoms with van der Waals surface area (Å²) in [6.07, 6.45) is 1.49. The van der Waals surface area contributed by atoms with Gasteiger partial charge in [0.05, 0.1) is 5.69 Å². The summed E-state index contributed by atoms with van der Waals surface area (Å²) in [6, 6.07) is 5.27. The van der Waals surface area contributed by atoms with Gasteiger partial charge in [0.1, 0.15) is 6.33 Å². The first-order chi connectivity index (χ1) is 10.1. The number of aromatic nitrogens is 6. The molecule has 1 amide bonds. The van der Waals surface area contributed by atoms with Crippen molar-refractivity contribution < 1.29 is 9.42 Å². The zero-order chi connectivity index (χ0) is 14.8. The third-order valence-corrected chi connectivity index (χ3v) is 2.78. The largest absolute Gasteiger partial charge is 0.379 e. The smallest absolute Gasteiger partial charge is 0.281 e. The number of amides is 1. The van der Waals surface area contributed by atoms with Crippen LogP contribution >= 0.6 is 0 Å². The van der Waals surface area contributed by atoms with Gasteiger partial charge < -0.3 is 11.1 Å². The molecule has 0 saturated heterocycles. The molecule has 10 heteroatoms. The van der Waals surface area contributed by atoms with Crippen LogP contribution in [0.5, 0.6) is 0 Å². The first-order valence-electron chi connectivity index (χ1n) is 5.88. The fraction of sp³-hybridized carbons (Fsp3) is 0.0909. The van der Waals surface area contributed by atoms with Crippen molar-refractivity contribution >= 4 is 17.4 Å². The number of nitrogens with one attached hydrogen (secondary N) is 1. The van der Waals surface area contributed by atoms with Crippen molar-refractivity contribution in [1.82, 2.24) is 30.5 Å². The van der Waals surface area contributed by atoms with Gasteiger partial charge in [-0.2, -0.15) is 0 Å². The Kier molecular flexibility index (Phi) is 3.03. The van der Waals surface area contributed by atoms with E-state index in [1.54, 1.807) is 18.2 Å². The van der Waals surface area contributed by atoms with Crippen LogP contribution in [0.4, 0.5) is 11.5 Å². The number of benzene rings is 1. The molecule has 10 nitrogen and oxygen atoms in total. The van der Waals surface area contributed by atoms with E-state index in [0.717, 1.165) is 11.3 Å². The number of aryl methyl sites for hydroxylation is 1. The molecule has 0 aliphatic rings. The standard InChI is InChI=1S/C11H10N8O2/c1-6-4-7(2-3-8(6)19-5-13-17-18-19)14-11(20)9-10(12)16-21-15-9/h2-5H,1H3,(H2,12,16)(H,14,20). The molecule has 3 N–H and O–H groups in total. The molecule has 0 saturated carbocycles. The van der Waals surface area contributed by atoms with E-state index in [2.05, 4.69) is 35.8 Å². The lowest BCUT2D eigenvalue weighted by molar-refractivity contribution is 0.101. The van der Waals surface area contributed by atoms with Crippen molar-refractivity contribution in [1.29, 1.82) is 0 Å². The lowest BCUT2D eigenvalue weighted by Gasteiger charge is -2.08. The molecule has 0 aliphatic heterocycles. The van der Waals surface area contributed by atoms with Gasteiger partial charge in [0.2, 0.25) is 11.5 Å². The Morgan fingerprint density at radius 1 is 1.38 bits per heavy atom. The molecule has 3 aromatic rings. The number of hydrogen-bond donors (Lipinski definition) is 2. The predicted molar refractivity (Wildman–Crippen MR) is 70.6 cm³/mol. The van der Waals surface area contributed by atoms with Gasteiger partial charge >= 0.3 is 0 Å². The van der Waals surface area contributed by atoms with E-state index in [4.69, 9.17) is 5.73 Å². The SMILES string of the molecule is Cc1cc(NC(=O)c2nonc2N)ccc1-n1cnnn1. The molecule has 0 bridgehead atoms. The molecule has 0 radical (unpaired) electrons. The minimum absolute atomic E-state index is 0.0581. The van der Waals surface area contributed by atoms with Crippen molar-refractivity contribution in [3.8, 4) is 5.69 Å². The minimum Gasteiger partial charge on any atom is -0.379 e. The molecule has 0 unspecified atom stereocenters. The Hall–Kier alpha value is -3.30. The molecule has 3 rings (SSSR count). The molecular formula is C11H10N8O2. The Bertz CT molecular complexity index is 779. The molecule has 106 valence electrons. The van der Waals surface area contributed by atoms with E-state index in [9.17, 15) is 4.79 Å². The van der Waals surface area contributed by atoms with Crippen LogP contribution in [-0.4, -0.2) is 36.4 Å². The highest BCUT2D eigenvalue weighted by Gasteiger charge is 2.16. The molecule has 1 aromatic carbocycles. The van der Waals surface area contributed by atoms with Gasteiger partial charge in [-0.25, -0.2) is 9.31 Å². The van der Waals surface area contributed by atoms with E-state index in [1.165, 1.54) is 11.0 Å². The maximum atomic E-state index is 11.9. The maximum absolute atomic E-state index is 11.9. The van der Waals surface area contributed by atoms with Gasteiger partial charge in [-0.15, -0.1) is 5.10 Å². The second-order valence-electron chi connectivity index (χ2n) is 4.21. The summed E-state index contributed by atoms with van der Waals surface area (Å²) in [5.41, 5.74) is 7.67. The van der Waals surface area contributed by atoms with Crippen LogP contribution < -0.4 is 11.1 Å². The number of carbonyl (C=O) groups excluding carboxylic acids is 1. The molecular weight excluding hydrogens is 276 g/mol. The van der Waals surface area contributed by atoms with E-state index < -0.39 is 5.91 Å². The monoisotopic (exact) mass is 286 g/mol. The van der Waals surface area contributed by atoms with Gasteiger partial charge in [-0.1, -0.05) is 0 Å². The van der Waals surface area contributed by atoms with Gasteiger partial charge in [-0.3, -0.25) is 4.79 Å². The zero-order valence-electron chi connectivity index (χ0n) is 10.9. The summed E-state index contributed by atoms with van der Waals surface area (Å²) in [5.74, 6) is -0.558. The lowest BCUT2D eigenvalue weighted by Crippen LogP contribution is -2.14. The highest BCUT2D eigenvalue weighted by Crippen LogP contribution is 2.18. The van der Waals surface area contributed by atoms with Gasteiger partial charge in [0, 0.05) is 5.69 Å². The van der Waals surface area contributed by atoms with Crippen molar-refractivity contribution in [2.45, 2.75) is 6.92 Å². The van der Waals surface area contributed by atoms with E-state index in [0.29, 0.717) is 5.69 Å². The van der Waals surface area contributed by atoms with Crippen LogP contribution in [0, 0.1) is 6.92 Å². The Morgan fingerprint density at radius 2 is 2.24 bits per heavy atom. The lowest BCUT2D eigenvalue weighted by atomic mass is 10.1. The summed E-state index contributed by atoms with van der Waals surface area (Å²) in [5, 5.41) is 20.4. The predicted octanol–water partition coefficient (Wildman–Crippen LogP) is 0.188. The Morgan fingerprint density at radius 3 is 2.86 bits per heavy atom. The van der Waals surface area contributed by atoms with Gasteiger partial charge in [0.15, 0.2) is 0 Å². The van der Waals surface area contributed by atoms with E-state index >= 15 is 0 Å². The number of rotatable bonds is 3. The third kappa shape index (κ3) is 2.41. The average molecular weight is 286 g/mol. The van der Waals surface area contributed by atoms with Crippen LogP contribution in [0.1, 0.15) is 16.1 Å². The molecule has 0 fully saturated rings. The second-order valence-corrected chi connectivity index (χ2v) is 4.21. The molecule has 2 heterocycles. The summed E-state index contributed by atoms with van der Waals surface area (Å²) < 4.78 is 5.91. The van der Waals surface area contributed by atoms with Crippen LogP contribution in [0.15, 0.2) is 29.2 Å². The molecule has 0 atom stereocenters. The van der Waals surface area contributed by atoms with Crippen LogP contribution in [0.25, 0.3) is 5.69 Å². The molecule has 0 aliphatic carbocycles. The average Bonchev–Trinajstić information content (AvgIpc) is 3.10. The number of nitrogens with zero attached hydrogens (tertiary/aromatic N) is 6. The minimum atomic E-state index is -0.497. The van der Waals surface area contributed by atoms with Crippen molar-refractivity contribution in [3.05, 3.63) is 35.8 Å². The van der Waals surface area contributed by atoms with E-state index in [-0.39, 0.29) is 11.5 Å². The molecule has 2 aromatic heterocycles. The van der Waals surface area contributed by atoms with Gasteiger partial charge in [0.25, 0.3) is 5.91 Å². The summed E-state index contributed by atoms with van der Waals surface area (Å²) in [6.45, 7) is 1.87.